The third-order valence-electron chi connectivity index (χ3n) is 2.49. The molecule has 0 heterocycles. The highest BCUT2D eigenvalue weighted by molar-refractivity contribution is 8.55. The molecule has 0 spiro atoms. The van der Waals surface area contributed by atoms with Crippen molar-refractivity contribution in [3.05, 3.63) is 18.2 Å². The van der Waals surface area contributed by atoms with E-state index in [4.69, 9.17) is 13.8 Å². The molecule has 1 unspecified atom stereocenters. The lowest BCUT2D eigenvalue weighted by Gasteiger charge is -2.18. The Kier molecular flexibility index (Phi) is 7.25. The molecule has 0 bridgehead atoms. The number of ether oxygens (including phenoxy) is 1. The molecule has 0 fully saturated rings. The predicted molar refractivity (Wildman–Crippen MR) is 88.7 cm³/mol. The number of sulfone groups is 1. The maximum atomic E-state index is 12.6. The Hall–Kier alpha value is -0.690. The fourth-order valence-corrected chi connectivity index (χ4v) is 5.86. The van der Waals surface area contributed by atoms with Crippen molar-refractivity contribution in [3.8, 4) is 11.5 Å². The highest BCUT2D eigenvalue weighted by Crippen LogP contribution is 2.60. The van der Waals surface area contributed by atoms with Crippen LogP contribution in [0.2, 0.25) is 0 Å². The normalized spacial score (nSPS) is 14.4. The highest BCUT2D eigenvalue weighted by atomic mass is 32.7. The summed E-state index contributed by atoms with van der Waals surface area (Å²) in [5, 5.41) is 0. The molecule has 0 aliphatic rings. The molecule has 0 aromatic heterocycles. The molecule has 0 N–H and O–H groups in total. The molecule has 0 saturated carbocycles. The van der Waals surface area contributed by atoms with Crippen LogP contribution in [0.5, 0.6) is 11.5 Å². The van der Waals surface area contributed by atoms with Crippen LogP contribution < -0.4 is 9.26 Å². The SMILES string of the molecule is CCCSP(=O)(OCC)Oc1ccc(S(C)(=O)=O)c(OC)c1. The summed E-state index contributed by atoms with van der Waals surface area (Å²) in [4.78, 5) is 0.0507. The van der Waals surface area contributed by atoms with E-state index in [1.165, 1.54) is 25.3 Å². The Morgan fingerprint density at radius 3 is 2.45 bits per heavy atom. The summed E-state index contributed by atoms with van der Waals surface area (Å²) in [6, 6.07) is 4.20. The zero-order valence-corrected chi connectivity index (χ0v) is 15.6. The first-order chi connectivity index (χ1) is 10.3. The first-order valence-corrected chi connectivity index (χ1v) is 11.7. The molecule has 1 atom stereocenters. The second-order valence-electron chi connectivity index (χ2n) is 4.37. The van der Waals surface area contributed by atoms with Gasteiger partial charge in [-0.15, -0.1) is 0 Å². The molecule has 22 heavy (non-hydrogen) atoms. The van der Waals surface area contributed by atoms with E-state index in [0.717, 1.165) is 24.1 Å². The zero-order chi connectivity index (χ0) is 16.8. The number of hydrogen-bond donors (Lipinski definition) is 0. The van der Waals surface area contributed by atoms with Gasteiger partial charge >= 0.3 is 6.80 Å². The first kappa shape index (κ1) is 19.4. The highest BCUT2D eigenvalue weighted by Gasteiger charge is 2.27. The second kappa shape index (κ2) is 8.24. The molecular formula is C13H21O6PS2. The summed E-state index contributed by atoms with van der Waals surface area (Å²) < 4.78 is 51.7. The number of rotatable bonds is 9. The van der Waals surface area contributed by atoms with Crippen molar-refractivity contribution in [3.63, 3.8) is 0 Å². The molecule has 9 heteroatoms. The average molecular weight is 368 g/mol. The third-order valence-corrected chi connectivity index (χ3v) is 7.58. The molecule has 126 valence electrons. The van der Waals surface area contributed by atoms with E-state index in [9.17, 15) is 13.0 Å². The van der Waals surface area contributed by atoms with Gasteiger partial charge in [0.1, 0.15) is 16.4 Å². The Morgan fingerprint density at radius 2 is 1.95 bits per heavy atom. The summed E-state index contributed by atoms with van der Waals surface area (Å²) in [5.41, 5.74) is 0. The van der Waals surface area contributed by atoms with Crippen molar-refractivity contribution in [1.29, 1.82) is 0 Å². The largest absolute Gasteiger partial charge is 0.495 e. The van der Waals surface area contributed by atoms with Gasteiger partial charge in [0.05, 0.1) is 13.7 Å². The minimum absolute atomic E-state index is 0.0507. The maximum Gasteiger partial charge on any atom is 0.440 e. The molecule has 1 aromatic rings. The topological polar surface area (TPSA) is 78.9 Å². The van der Waals surface area contributed by atoms with Crippen LogP contribution in [0.15, 0.2) is 23.1 Å². The summed E-state index contributed by atoms with van der Waals surface area (Å²) in [7, 11) is -2.05. The van der Waals surface area contributed by atoms with E-state index in [2.05, 4.69) is 0 Å². The second-order valence-corrected chi connectivity index (χ2v) is 10.5. The van der Waals surface area contributed by atoms with Gasteiger partial charge in [0.2, 0.25) is 0 Å². The van der Waals surface area contributed by atoms with Crippen LogP contribution in [0.1, 0.15) is 20.3 Å². The molecule has 0 amide bonds. The van der Waals surface area contributed by atoms with Crippen molar-refractivity contribution in [2.45, 2.75) is 25.2 Å². The van der Waals surface area contributed by atoms with Crippen LogP contribution in [0.4, 0.5) is 0 Å². The van der Waals surface area contributed by atoms with Crippen LogP contribution in [-0.2, 0) is 18.9 Å². The van der Waals surface area contributed by atoms with Crippen molar-refractivity contribution < 1.29 is 26.8 Å². The van der Waals surface area contributed by atoms with Crippen molar-refractivity contribution in [2.75, 3.05) is 25.7 Å². The van der Waals surface area contributed by atoms with Gasteiger partial charge in [-0.1, -0.05) is 6.92 Å². The molecule has 0 saturated heterocycles. The van der Waals surface area contributed by atoms with Gasteiger partial charge in [-0.05, 0) is 36.9 Å². The molecule has 1 aromatic carbocycles. The smallest absolute Gasteiger partial charge is 0.440 e. The van der Waals surface area contributed by atoms with Gasteiger partial charge in [-0.25, -0.2) is 13.0 Å². The monoisotopic (exact) mass is 368 g/mol. The Bertz CT molecular complexity index is 644. The lowest BCUT2D eigenvalue weighted by Crippen LogP contribution is -2.02. The fraction of sp³-hybridized carbons (Fsp3) is 0.538. The summed E-state index contributed by atoms with van der Waals surface area (Å²) in [5.74, 6) is 1.02. The maximum absolute atomic E-state index is 12.6. The van der Waals surface area contributed by atoms with Gasteiger partial charge in [-0.3, -0.25) is 4.52 Å². The van der Waals surface area contributed by atoms with E-state index in [0.29, 0.717) is 5.75 Å². The van der Waals surface area contributed by atoms with E-state index in [1.807, 2.05) is 6.92 Å². The summed E-state index contributed by atoms with van der Waals surface area (Å²) >= 11 is 1.12. The number of hydrogen-bond acceptors (Lipinski definition) is 7. The third kappa shape index (κ3) is 5.50. The van der Waals surface area contributed by atoms with Crippen LogP contribution in [0.25, 0.3) is 0 Å². The number of methoxy groups -OCH3 is 1. The lowest BCUT2D eigenvalue weighted by atomic mass is 10.3. The van der Waals surface area contributed by atoms with Crippen molar-refractivity contribution in [2.24, 2.45) is 0 Å². The van der Waals surface area contributed by atoms with Crippen molar-refractivity contribution >= 4 is 28.0 Å². The van der Waals surface area contributed by atoms with E-state index < -0.39 is 16.6 Å². The van der Waals surface area contributed by atoms with Gasteiger partial charge in [0, 0.05) is 18.1 Å². The Balaban J connectivity index is 3.09. The fourth-order valence-electron chi connectivity index (χ4n) is 1.59. The molecular weight excluding hydrogens is 347 g/mol. The van der Waals surface area contributed by atoms with Crippen LogP contribution in [-0.4, -0.2) is 34.1 Å². The van der Waals surface area contributed by atoms with Gasteiger partial charge in [0.25, 0.3) is 0 Å². The molecule has 0 aliphatic carbocycles. The zero-order valence-electron chi connectivity index (χ0n) is 13.1. The van der Waals surface area contributed by atoms with Crippen LogP contribution in [0, 0.1) is 0 Å². The quantitative estimate of drug-likeness (QED) is 0.614. The number of benzene rings is 1. The van der Waals surface area contributed by atoms with Crippen molar-refractivity contribution in [1.82, 2.24) is 0 Å². The van der Waals surface area contributed by atoms with E-state index >= 15 is 0 Å². The predicted octanol–water partition coefficient (Wildman–Crippen LogP) is 3.77. The Labute approximate surface area is 135 Å². The average Bonchev–Trinajstić information content (AvgIpc) is 2.44. The summed E-state index contributed by atoms with van der Waals surface area (Å²) in [6.45, 7) is 0.622. The standard InChI is InChI=1S/C13H21O6PS2/c1-5-9-21-20(14,18-6-2)19-11-7-8-13(22(4,15)16)12(10-11)17-3/h7-8,10H,5-6,9H2,1-4H3. The minimum atomic E-state index is -3.42. The van der Waals surface area contributed by atoms with Crippen LogP contribution in [0.3, 0.4) is 0 Å². The minimum Gasteiger partial charge on any atom is -0.495 e. The van der Waals surface area contributed by atoms with Gasteiger partial charge < -0.3 is 9.26 Å². The molecule has 6 nitrogen and oxygen atoms in total. The van der Waals surface area contributed by atoms with E-state index in [-0.39, 0.29) is 23.0 Å². The molecule has 0 aliphatic heterocycles. The van der Waals surface area contributed by atoms with Crippen LogP contribution >= 0.6 is 18.2 Å². The Morgan fingerprint density at radius 1 is 1.27 bits per heavy atom. The van der Waals surface area contributed by atoms with E-state index in [1.54, 1.807) is 6.92 Å². The van der Waals surface area contributed by atoms with Gasteiger partial charge in [-0.2, -0.15) is 0 Å². The first-order valence-electron chi connectivity index (χ1n) is 6.72. The molecule has 1 rings (SSSR count). The lowest BCUT2D eigenvalue weighted by molar-refractivity contribution is 0.295. The summed E-state index contributed by atoms with van der Waals surface area (Å²) in [6.07, 6.45) is 1.93. The molecule has 0 radical (unpaired) electrons. The van der Waals surface area contributed by atoms with Gasteiger partial charge in [0.15, 0.2) is 9.84 Å².